The lowest BCUT2D eigenvalue weighted by Crippen LogP contribution is -2.49. The summed E-state index contributed by atoms with van der Waals surface area (Å²) in [5.41, 5.74) is 5.72. The summed E-state index contributed by atoms with van der Waals surface area (Å²) in [7, 11) is 1.40. The third-order valence-electron chi connectivity index (χ3n) is 2.96. The lowest BCUT2D eigenvalue weighted by molar-refractivity contribution is -0.128. The van der Waals surface area contributed by atoms with Gasteiger partial charge in [-0.05, 0) is 6.42 Å². The highest BCUT2D eigenvalue weighted by Crippen LogP contribution is 2.21. The molecule has 1 rings (SSSR count). The minimum atomic E-state index is -1.19. The van der Waals surface area contributed by atoms with Gasteiger partial charge in [0.05, 0.1) is 6.21 Å². The zero-order valence-corrected chi connectivity index (χ0v) is 11.1. The third kappa shape index (κ3) is 3.43. The highest BCUT2D eigenvalue weighted by Gasteiger charge is 2.48. The number of nitrogens with one attached hydrogen (secondary N) is 2. The Morgan fingerprint density at radius 1 is 1.53 bits per heavy atom. The van der Waals surface area contributed by atoms with Gasteiger partial charge in [0.1, 0.15) is 0 Å². The van der Waals surface area contributed by atoms with Crippen LogP contribution in [0.1, 0.15) is 32.6 Å². The largest absolute Gasteiger partial charge is 0.350 e. The molecule has 1 fully saturated rings. The molecule has 0 spiro atoms. The molecule has 8 heteroatoms. The number of likely N-dealkylation sites (N-methyl/N-ethyl adjacent to an activating group) is 1. The molecule has 0 aromatic carbocycles. The van der Waals surface area contributed by atoms with Crippen LogP contribution in [0, 0.1) is 0 Å². The van der Waals surface area contributed by atoms with E-state index < -0.39 is 17.6 Å². The number of hydrazone groups is 1. The Hall–Kier alpha value is -2.12. The van der Waals surface area contributed by atoms with E-state index in [0.29, 0.717) is 6.42 Å². The zero-order valence-electron chi connectivity index (χ0n) is 11.1. The van der Waals surface area contributed by atoms with E-state index >= 15 is 0 Å². The van der Waals surface area contributed by atoms with Crippen molar-refractivity contribution in [2.45, 2.75) is 38.1 Å². The number of unbranched alkanes of at least 4 members (excludes halogenated alkanes) is 2. The summed E-state index contributed by atoms with van der Waals surface area (Å²) >= 11 is 0. The molecule has 1 atom stereocenters. The Labute approximate surface area is 111 Å². The SMILES string of the molecule is CCCCC[C@]1(/C=N\NC(N)=O)NC(=O)N(C)C1=O. The first-order chi connectivity index (χ1) is 8.93. The van der Waals surface area contributed by atoms with Gasteiger partial charge in [0.15, 0.2) is 5.54 Å². The van der Waals surface area contributed by atoms with Crippen molar-refractivity contribution in [2.75, 3.05) is 7.05 Å². The number of urea groups is 2. The van der Waals surface area contributed by atoms with E-state index in [0.717, 1.165) is 24.2 Å². The Balaban J connectivity index is 2.85. The van der Waals surface area contributed by atoms with E-state index in [2.05, 4.69) is 10.4 Å². The highest BCUT2D eigenvalue weighted by molar-refractivity contribution is 6.16. The number of carbonyl (C=O) groups is 3. The first kappa shape index (κ1) is 14.9. The van der Waals surface area contributed by atoms with Crippen LogP contribution in [-0.4, -0.2) is 41.7 Å². The van der Waals surface area contributed by atoms with E-state index in [4.69, 9.17) is 5.73 Å². The van der Waals surface area contributed by atoms with Crippen molar-refractivity contribution in [1.29, 1.82) is 0 Å². The van der Waals surface area contributed by atoms with Crippen molar-refractivity contribution in [1.82, 2.24) is 15.6 Å². The van der Waals surface area contributed by atoms with E-state index in [1.807, 2.05) is 12.3 Å². The van der Waals surface area contributed by atoms with Crippen LogP contribution in [-0.2, 0) is 4.79 Å². The quantitative estimate of drug-likeness (QED) is 0.275. The van der Waals surface area contributed by atoms with Crippen molar-refractivity contribution in [3.8, 4) is 0 Å². The van der Waals surface area contributed by atoms with Crippen LogP contribution in [0.25, 0.3) is 0 Å². The fraction of sp³-hybridized carbons (Fsp3) is 0.636. The maximum absolute atomic E-state index is 12.1. The Morgan fingerprint density at radius 3 is 2.68 bits per heavy atom. The van der Waals surface area contributed by atoms with E-state index in [1.54, 1.807) is 0 Å². The molecule has 0 radical (unpaired) electrons. The number of hydrogen-bond donors (Lipinski definition) is 3. The molecule has 0 aromatic rings. The predicted molar refractivity (Wildman–Crippen MR) is 69.4 cm³/mol. The standard InChI is InChI=1S/C11H19N5O3/c1-3-4-5-6-11(7-13-15-9(12)18)8(17)16(2)10(19)14-11/h7H,3-6H2,1-2H3,(H,14,19)(H3,12,15,18)/b13-7-/t11-/m1/s1. The second-order valence-electron chi connectivity index (χ2n) is 4.46. The van der Waals surface area contributed by atoms with Crippen molar-refractivity contribution < 1.29 is 14.4 Å². The zero-order chi connectivity index (χ0) is 14.5. The Kier molecular flexibility index (Phi) is 4.85. The molecule has 1 heterocycles. The van der Waals surface area contributed by atoms with E-state index in [-0.39, 0.29) is 5.91 Å². The molecule has 5 amide bonds. The number of carbonyl (C=O) groups excluding carboxylic acids is 3. The second-order valence-corrected chi connectivity index (χ2v) is 4.46. The Bertz CT molecular complexity index is 409. The summed E-state index contributed by atoms with van der Waals surface area (Å²) in [4.78, 5) is 35.2. The minimum absolute atomic E-state index is 0.386. The molecule has 0 saturated carbocycles. The lowest BCUT2D eigenvalue weighted by atomic mass is 9.93. The van der Waals surface area contributed by atoms with Crippen LogP contribution in [0.3, 0.4) is 0 Å². The fourth-order valence-corrected chi connectivity index (χ4v) is 1.90. The van der Waals surface area contributed by atoms with Gasteiger partial charge in [-0.3, -0.25) is 9.69 Å². The van der Waals surface area contributed by atoms with Gasteiger partial charge in [-0.15, -0.1) is 0 Å². The molecule has 0 aliphatic carbocycles. The summed E-state index contributed by atoms with van der Waals surface area (Å²) in [6.45, 7) is 2.04. The minimum Gasteiger partial charge on any atom is -0.350 e. The Morgan fingerprint density at radius 2 is 2.21 bits per heavy atom. The highest BCUT2D eigenvalue weighted by atomic mass is 16.2. The molecule has 4 N–H and O–H groups in total. The number of rotatable bonds is 6. The van der Waals surface area contributed by atoms with Crippen LogP contribution < -0.4 is 16.5 Å². The van der Waals surface area contributed by atoms with Crippen LogP contribution in [0.4, 0.5) is 9.59 Å². The van der Waals surface area contributed by atoms with Crippen molar-refractivity contribution >= 4 is 24.2 Å². The van der Waals surface area contributed by atoms with Gasteiger partial charge in [-0.1, -0.05) is 26.2 Å². The number of amides is 5. The molecule has 0 unspecified atom stereocenters. The maximum atomic E-state index is 12.1. The average Bonchev–Trinajstić information content (AvgIpc) is 2.55. The topological polar surface area (TPSA) is 117 Å². The van der Waals surface area contributed by atoms with Gasteiger partial charge < -0.3 is 11.1 Å². The molecule has 0 bridgehead atoms. The number of nitrogens with zero attached hydrogens (tertiary/aromatic N) is 2. The maximum Gasteiger partial charge on any atom is 0.332 e. The molecule has 106 valence electrons. The van der Waals surface area contributed by atoms with E-state index in [1.165, 1.54) is 13.3 Å². The van der Waals surface area contributed by atoms with Gasteiger partial charge >= 0.3 is 12.1 Å². The van der Waals surface area contributed by atoms with E-state index in [9.17, 15) is 14.4 Å². The molecular weight excluding hydrogens is 250 g/mol. The number of primary amides is 1. The molecule has 1 saturated heterocycles. The molecule has 1 aliphatic heterocycles. The van der Waals surface area contributed by atoms with Gasteiger partial charge in [-0.25, -0.2) is 15.0 Å². The first-order valence-corrected chi connectivity index (χ1v) is 6.13. The van der Waals surface area contributed by atoms with Crippen LogP contribution >= 0.6 is 0 Å². The van der Waals surface area contributed by atoms with Crippen molar-refractivity contribution in [2.24, 2.45) is 10.8 Å². The number of imide groups is 1. The average molecular weight is 269 g/mol. The third-order valence-corrected chi connectivity index (χ3v) is 2.96. The summed E-state index contributed by atoms with van der Waals surface area (Å²) in [6, 6.07) is -1.31. The molecule has 1 aliphatic rings. The summed E-state index contributed by atoms with van der Waals surface area (Å²) in [6.07, 6.45) is 4.35. The molecular formula is C11H19N5O3. The second kappa shape index (κ2) is 6.17. The number of nitrogens with two attached hydrogens (primary N) is 1. The summed E-state index contributed by atoms with van der Waals surface area (Å²) in [5.74, 6) is -0.386. The number of hydrogen-bond acceptors (Lipinski definition) is 4. The first-order valence-electron chi connectivity index (χ1n) is 6.13. The lowest BCUT2D eigenvalue weighted by Gasteiger charge is -2.21. The van der Waals surface area contributed by atoms with Gasteiger partial charge in [0, 0.05) is 7.05 Å². The monoisotopic (exact) mass is 269 g/mol. The normalized spacial score (nSPS) is 22.9. The van der Waals surface area contributed by atoms with Crippen LogP contribution in [0.15, 0.2) is 5.10 Å². The van der Waals surface area contributed by atoms with Crippen LogP contribution in [0.2, 0.25) is 0 Å². The van der Waals surface area contributed by atoms with Gasteiger partial charge in [0.2, 0.25) is 0 Å². The molecule has 0 aromatic heterocycles. The predicted octanol–water partition coefficient (Wildman–Crippen LogP) is 0.141. The van der Waals surface area contributed by atoms with Crippen molar-refractivity contribution in [3.63, 3.8) is 0 Å². The van der Waals surface area contributed by atoms with Crippen molar-refractivity contribution in [3.05, 3.63) is 0 Å². The molecule has 8 nitrogen and oxygen atoms in total. The molecule has 19 heavy (non-hydrogen) atoms. The summed E-state index contributed by atoms with van der Waals surface area (Å²) in [5, 5.41) is 6.21. The van der Waals surface area contributed by atoms with Crippen LogP contribution in [0.5, 0.6) is 0 Å². The summed E-state index contributed by atoms with van der Waals surface area (Å²) < 4.78 is 0. The van der Waals surface area contributed by atoms with Gasteiger partial charge in [-0.2, -0.15) is 5.10 Å². The van der Waals surface area contributed by atoms with Gasteiger partial charge in [0.25, 0.3) is 5.91 Å². The smallest absolute Gasteiger partial charge is 0.332 e. The fourth-order valence-electron chi connectivity index (χ4n) is 1.90.